The standard InChI is InChI=1S/C20H30N4O2/c1-4-14(2)18-19(25)22-17-8-6-5-7-16(17)13-24(18)20(26)21-11-15-9-10-23(3)12-15/h5-8,14-15,18H,4,9-13H2,1-3H3,(H,21,26)(H,22,25)/t14-,15-,18-/m0/s1. The molecule has 0 unspecified atom stereocenters. The molecule has 2 aliphatic heterocycles. The van der Waals surface area contributed by atoms with Gasteiger partial charge in [-0.05, 0) is 43.5 Å². The maximum atomic E-state index is 13.0. The van der Waals surface area contributed by atoms with Gasteiger partial charge in [0.1, 0.15) is 6.04 Å². The molecule has 0 radical (unpaired) electrons. The Morgan fingerprint density at radius 2 is 2.15 bits per heavy atom. The molecule has 2 heterocycles. The van der Waals surface area contributed by atoms with Crippen molar-refractivity contribution in [1.82, 2.24) is 15.1 Å². The lowest BCUT2D eigenvalue weighted by Gasteiger charge is -2.32. The molecule has 1 saturated heterocycles. The number of nitrogens with zero attached hydrogens (tertiary/aromatic N) is 2. The van der Waals surface area contributed by atoms with Gasteiger partial charge in [-0.25, -0.2) is 4.79 Å². The Balaban J connectivity index is 1.77. The van der Waals surface area contributed by atoms with Crippen molar-refractivity contribution < 1.29 is 9.59 Å². The molecule has 3 amide bonds. The summed E-state index contributed by atoms with van der Waals surface area (Å²) in [6.45, 7) is 7.29. The van der Waals surface area contributed by atoms with Crippen LogP contribution in [0.25, 0.3) is 0 Å². The summed E-state index contributed by atoms with van der Waals surface area (Å²) in [5.41, 5.74) is 1.78. The zero-order valence-corrected chi connectivity index (χ0v) is 16.0. The predicted molar refractivity (Wildman–Crippen MR) is 103 cm³/mol. The van der Waals surface area contributed by atoms with E-state index >= 15 is 0 Å². The number of rotatable bonds is 4. The second-order valence-electron chi connectivity index (χ2n) is 7.71. The molecule has 0 saturated carbocycles. The van der Waals surface area contributed by atoms with Crippen molar-refractivity contribution >= 4 is 17.6 Å². The Morgan fingerprint density at radius 1 is 1.38 bits per heavy atom. The van der Waals surface area contributed by atoms with E-state index in [1.54, 1.807) is 4.90 Å². The SMILES string of the molecule is CC[C@H](C)[C@H]1C(=O)Nc2ccccc2CN1C(=O)NC[C@@H]1CCN(C)C1. The highest BCUT2D eigenvalue weighted by molar-refractivity contribution is 5.98. The molecular formula is C20H30N4O2. The lowest BCUT2D eigenvalue weighted by Crippen LogP contribution is -2.52. The number of fused-ring (bicyclic) bond motifs is 1. The van der Waals surface area contributed by atoms with E-state index in [-0.39, 0.29) is 17.9 Å². The lowest BCUT2D eigenvalue weighted by molar-refractivity contribution is -0.121. The van der Waals surface area contributed by atoms with E-state index in [2.05, 4.69) is 29.5 Å². The summed E-state index contributed by atoms with van der Waals surface area (Å²) < 4.78 is 0. The summed E-state index contributed by atoms with van der Waals surface area (Å²) >= 11 is 0. The maximum Gasteiger partial charge on any atom is 0.318 e. The fraction of sp³-hybridized carbons (Fsp3) is 0.600. The summed E-state index contributed by atoms with van der Waals surface area (Å²) in [5.74, 6) is 0.479. The van der Waals surface area contributed by atoms with Gasteiger partial charge in [-0.3, -0.25) is 4.79 Å². The fourth-order valence-electron chi connectivity index (χ4n) is 3.92. The molecule has 2 aliphatic rings. The van der Waals surface area contributed by atoms with Crippen molar-refractivity contribution in [2.45, 2.75) is 39.3 Å². The third-order valence-electron chi connectivity index (χ3n) is 5.70. The van der Waals surface area contributed by atoms with E-state index in [4.69, 9.17) is 0 Å². The summed E-state index contributed by atoms with van der Waals surface area (Å²) in [4.78, 5) is 29.9. The molecule has 1 aromatic carbocycles. The first-order chi connectivity index (χ1) is 12.5. The number of para-hydroxylation sites is 1. The Labute approximate surface area is 155 Å². The van der Waals surface area contributed by atoms with Crippen LogP contribution < -0.4 is 10.6 Å². The van der Waals surface area contributed by atoms with Crippen molar-refractivity contribution in [2.24, 2.45) is 11.8 Å². The molecule has 1 aromatic rings. The van der Waals surface area contributed by atoms with Crippen LogP contribution in [0.3, 0.4) is 0 Å². The van der Waals surface area contributed by atoms with Crippen LogP contribution in [-0.2, 0) is 11.3 Å². The second kappa shape index (κ2) is 8.08. The third kappa shape index (κ3) is 4.01. The van der Waals surface area contributed by atoms with Gasteiger partial charge in [0, 0.05) is 18.8 Å². The Kier molecular flexibility index (Phi) is 5.81. The molecule has 1 fully saturated rings. The van der Waals surface area contributed by atoms with E-state index in [9.17, 15) is 9.59 Å². The Bertz CT molecular complexity index is 663. The van der Waals surface area contributed by atoms with Crippen LogP contribution in [0.1, 0.15) is 32.3 Å². The molecule has 0 bridgehead atoms. The normalized spacial score (nSPS) is 24.6. The quantitative estimate of drug-likeness (QED) is 0.869. The first kappa shape index (κ1) is 18.7. The highest BCUT2D eigenvalue weighted by atomic mass is 16.2. The van der Waals surface area contributed by atoms with Gasteiger partial charge in [0.2, 0.25) is 5.91 Å². The van der Waals surface area contributed by atoms with Gasteiger partial charge in [-0.1, -0.05) is 38.5 Å². The zero-order valence-electron chi connectivity index (χ0n) is 16.0. The van der Waals surface area contributed by atoms with Gasteiger partial charge >= 0.3 is 6.03 Å². The van der Waals surface area contributed by atoms with E-state index in [1.807, 2.05) is 31.2 Å². The highest BCUT2D eigenvalue weighted by Crippen LogP contribution is 2.27. The van der Waals surface area contributed by atoms with Crippen LogP contribution in [0.4, 0.5) is 10.5 Å². The lowest BCUT2D eigenvalue weighted by atomic mass is 9.97. The van der Waals surface area contributed by atoms with Gasteiger partial charge in [0.05, 0.1) is 6.54 Å². The average Bonchev–Trinajstić information content (AvgIpc) is 2.98. The number of anilines is 1. The van der Waals surface area contributed by atoms with Gasteiger partial charge in [-0.15, -0.1) is 0 Å². The first-order valence-corrected chi connectivity index (χ1v) is 9.61. The molecule has 142 valence electrons. The molecule has 2 N–H and O–H groups in total. The second-order valence-corrected chi connectivity index (χ2v) is 7.71. The van der Waals surface area contributed by atoms with Crippen molar-refractivity contribution in [2.75, 3.05) is 32.0 Å². The summed E-state index contributed by atoms with van der Waals surface area (Å²) in [6, 6.07) is 7.12. The largest absolute Gasteiger partial charge is 0.338 e. The number of nitrogens with one attached hydrogen (secondary N) is 2. The minimum absolute atomic E-state index is 0.0904. The summed E-state index contributed by atoms with van der Waals surface area (Å²) in [5, 5.41) is 6.09. The topological polar surface area (TPSA) is 64.7 Å². The van der Waals surface area contributed by atoms with Crippen molar-refractivity contribution in [3.63, 3.8) is 0 Å². The minimum atomic E-state index is -0.460. The number of urea groups is 1. The zero-order chi connectivity index (χ0) is 18.7. The van der Waals surface area contributed by atoms with E-state index < -0.39 is 6.04 Å². The molecule has 0 aromatic heterocycles. The number of carbonyl (C=O) groups is 2. The minimum Gasteiger partial charge on any atom is -0.338 e. The van der Waals surface area contributed by atoms with Crippen molar-refractivity contribution in [3.8, 4) is 0 Å². The monoisotopic (exact) mass is 358 g/mol. The summed E-state index contributed by atoms with van der Waals surface area (Å²) in [6.07, 6.45) is 1.94. The Hall–Kier alpha value is -2.08. The first-order valence-electron chi connectivity index (χ1n) is 9.61. The molecule has 0 spiro atoms. The number of likely N-dealkylation sites (tertiary alicyclic amines) is 1. The summed E-state index contributed by atoms with van der Waals surface area (Å²) in [7, 11) is 2.11. The third-order valence-corrected chi connectivity index (χ3v) is 5.70. The maximum absolute atomic E-state index is 13.0. The van der Waals surface area contributed by atoms with Gasteiger partial charge in [0.25, 0.3) is 0 Å². The van der Waals surface area contributed by atoms with Crippen LogP contribution in [0.15, 0.2) is 24.3 Å². The molecule has 0 aliphatic carbocycles. The molecule has 3 atom stereocenters. The number of amides is 3. The molecular weight excluding hydrogens is 328 g/mol. The predicted octanol–water partition coefficient (Wildman–Crippen LogP) is 2.52. The molecule has 6 nitrogen and oxygen atoms in total. The van der Waals surface area contributed by atoms with Gasteiger partial charge in [0.15, 0.2) is 0 Å². The molecule has 3 rings (SSSR count). The average molecular weight is 358 g/mol. The molecule has 6 heteroatoms. The van der Waals surface area contributed by atoms with Crippen LogP contribution in [-0.4, -0.2) is 54.5 Å². The number of hydrogen-bond acceptors (Lipinski definition) is 3. The molecule has 26 heavy (non-hydrogen) atoms. The smallest absolute Gasteiger partial charge is 0.318 e. The highest BCUT2D eigenvalue weighted by Gasteiger charge is 2.36. The van der Waals surface area contributed by atoms with Crippen LogP contribution >= 0.6 is 0 Å². The number of carbonyl (C=O) groups excluding carboxylic acids is 2. The van der Waals surface area contributed by atoms with E-state index in [0.717, 1.165) is 37.2 Å². The van der Waals surface area contributed by atoms with Crippen molar-refractivity contribution in [1.29, 1.82) is 0 Å². The van der Waals surface area contributed by atoms with E-state index in [1.165, 1.54) is 0 Å². The van der Waals surface area contributed by atoms with Crippen LogP contribution in [0.2, 0.25) is 0 Å². The number of benzene rings is 1. The van der Waals surface area contributed by atoms with Gasteiger partial charge < -0.3 is 20.4 Å². The van der Waals surface area contributed by atoms with Crippen molar-refractivity contribution in [3.05, 3.63) is 29.8 Å². The fourth-order valence-corrected chi connectivity index (χ4v) is 3.92. The van der Waals surface area contributed by atoms with Crippen LogP contribution in [0.5, 0.6) is 0 Å². The Morgan fingerprint density at radius 3 is 2.85 bits per heavy atom. The van der Waals surface area contributed by atoms with Gasteiger partial charge in [-0.2, -0.15) is 0 Å². The van der Waals surface area contributed by atoms with E-state index in [0.29, 0.717) is 19.0 Å². The van der Waals surface area contributed by atoms with Crippen LogP contribution in [0, 0.1) is 11.8 Å². The number of hydrogen-bond donors (Lipinski definition) is 2.